The molecule has 0 bridgehead atoms. The van der Waals surface area contributed by atoms with E-state index in [-0.39, 0.29) is 17.2 Å². The number of nitrogens with one attached hydrogen (secondary N) is 1. The van der Waals surface area contributed by atoms with E-state index in [0.717, 1.165) is 18.7 Å². The summed E-state index contributed by atoms with van der Waals surface area (Å²) >= 11 is 5.89. The molecule has 24 heavy (non-hydrogen) atoms. The van der Waals surface area contributed by atoms with Gasteiger partial charge in [0.25, 0.3) is 5.91 Å². The molecule has 6 nitrogen and oxygen atoms in total. The summed E-state index contributed by atoms with van der Waals surface area (Å²) in [6.45, 7) is 0.661. The predicted molar refractivity (Wildman–Crippen MR) is 89.3 cm³/mol. The molecule has 0 aliphatic carbocycles. The Hall–Kier alpha value is -2.60. The van der Waals surface area contributed by atoms with Crippen LogP contribution in [-0.2, 0) is 13.0 Å². The van der Waals surface area contributed by atoms with Gasteiger partial charge in [0.2, 0.25) is 0 Å². The summed E-state index contributed by atoms with van der Waals surface area (Å²) in [6, 6.07) is 5.93. The third kappa shape index (κ3) is 2.69. The van der Waals surface area contributed by atoms with Gasteiger partial charge in [0, 0.05) is 42.5 Å². The van der Waals surface area contributed by atoms with E-state index in [2.05, 4.69) is 10.3 Å². The van der Waals surface area contributed by atoms with Crippen LogP contribution in [0.25, 0.3) is 11.0 Å². The van der Waals surface area contributed by atoms with Crippen molar-refractivity contribution >= 4 is 28.5 Å². The minimum atomic E-state index is -0.391. The van der Waals surface area contributed by atoms with Crippen LogP contribution >= 0.6 is 11.6 Å². The molecule has 1 amide bonds. The average molecular weight is 344 g/mol. The minimum Gasteiger partial charge on any atom is -0.451 e. The minimum absolute atomic E-state index is 0.00579. The van der Waals surface area contributed by atoms with Gasteiger partial charge in [0.05, 0.1) is 5.39 Å². The molecule has 0 unspecified atom stereocenters. The van der Waals surface area contributed by atoms with Crippen molar-refractivity contribution in [1.82, 2.24) is 14.9 Å². The number of hydrogen-bond donors (Lipinski definition) is 1. The first kappa shape index (κ1) is 15.0. The Morgan fingerprint density at radius 1 is 1.38 bits per heavy atom. The number of nitrogens with zero attached hydrogens (tertiary/aromatic N) is 2. The first-order chi connectivity index (χ1) is 11.6. The number of benzene rings is 1. The zero-order valence-corrected chi connectivity index (χ0v) is 13.4. The lowest BCUT2D eigenvalue weighted by atomic mass is 10.1. The van der Waals surface area contributed by atoms with Crippen molar-refractivity contribution in [3.8, 4) is 0 Å². The zero-order valence-electron chi connectivity index (χ0n) is 12.7. The van der Waals surface area contributed by atoms with Crippen LogP contribution in [0.5, 0.6) is 0 Å². The van der Waals surface area contributed by atoms with Crippen molar-refractivity contribution in [3.63, 3.8) is 0 Å². The molecule has 0 spiro atoms. The molecular weight excluding hydrogens is 330 g/mol. The summed E-state index contributed by atoms with van der Waals surface area (Å²) in [4.78, 5) is 28.9. The lowest BCUT2D eigenvalue weighted by molar-refractivity contribution is 0.0900. The maximum absolute atomic E-state index is 12.4. The molecule has 0 saturated carbocycles. The number of rotatable bonds is 2. The Bertz CT molecular complexity index is 992. The Labute approximate surface area is 142 Å². The van der Waals surface area contributed by atoms with Crippen molar-refractivity contribution in [2.45, 2.75) is 25.4 Å². The number of hydrogen-bond acceptors (Lipinski definition) is 4. The van der Waals surface area contributed by atoms with Gasteiger partial charge in [-0.1, -0.05) is 11.6 Å². The molecule has 1 aliphatic heterocycles. The highest BCUT2D eigenvalue weighted by atomic mass is 35.5. The van der Waals surface area contributed by atoms with Crippen molar-refractivity contribution in [2.24, 2.45) is 0 Å². The predicted octanol–water partition coefficient (Wildman–Crippen LogP) is 2.39. The van der Waals surface area contributed by atoms with E-state index < -0.39 is 5.91 Å². The maximum atomic E-state index is 12.4. The van der Waals surface area contributed by atoms with Gasteiger partial charge in [0.15, 0.2) is 11.2 Å². The van der Waals surface area contributed by atoms with E-state index >= 15 is 0 Å². The summed E-state index contributed by atoms with van der Waals surface area (Å²) < 4.78 is 7.59. The van der Waals surface area contributed by atoms with Gasteiger partial charge in [-0.15, -0.1) is 0 Å². The summed E-state index contributed by atoms with van der Waals surface area (Å²) in [5, 5.41) is 3.73. The molecule has 122 valence electrons. The first-order valence-corrected chi connectivity index (χ1v) is 8.02. The highest BCUT2D eigenvalue weighted by molar-refractivity contribution is 6.31. The van der Waals surface area contributed by atoms with E-state index in [1.54, 1.807) is 18.3 Å². The van der Waals surface area contributed by atoms with Crippen LogP contribution in [0.2, 0.25) is 5.02 Å². The Morgan fingerprint density at radius 2 is 2.25 bits per heavy atom. The van der Waals surface area contributed by atoms with Gasteiger partial charge in [-0.25, -0.2) is 4.98 Å². The van der Waals surface area contributed by atoms with Crippen LogP contribution in [0, 0.1) is 0 Å². The molecule has 0 saturated heterocycles. The summed E-state index contributed by atoms with van der Waals surface area (Å²) in [7, 11) is 0. The highest BCUT2D eigenvalue weighted by Gasteiger charge is 2.22. The number of halogens is 1. The normalized spacial score (nSPS) is 16.8. The third-order valence-electron chi connectivity index (χ3n) is 4.18. The van der Waals surface area contributed by atoms with Gasteiger partial charge in [-0.3, -0.25) is 9.59 Å². The van der Waals surface area contributed by atoms with Crippen LogP contribution in [0.4, 0.5) is 0 Å². The topological polar surface area (TPSA) is 77.1 Å². The summed E-state index contributed by atoms with van der Waals surface area (Å²) in [6.07, 6.45) is 5.26. The quantitative estimate of drug-likeness (QED) is 0.775. The fraction of sp³-hybridized carbons (Fsp3) is 0.235. The van der Waals surface area contributed by atoms with E-state index in [1.165, 1.54) is 12.1 Å². The molecule has 7 heteroatoms. The summed E-state index contributed by atoms with van der Waals surface area (Å²) in [5.41, 5.74) is 0.0574. The Balaban J connectivity index is 1.58. The van der Waals surface area contributed by atoms with Crippen LogP contribution in [-0.4, -0.2) is 21.5 Å². The SMILES string of the molecule is O=C(N[C@H]1CCc2nccn2C1)c1cc(=O)c2cc(Cl)ccc2o1. The van der Waals surface area contributed by atoms with E-state index in [4.69, 9.17) is 16.0 Å². The average Bonchev–Trinajstić information content (AvgIpc) is 3.03. The molecular formula is C17H14ClN3O3. The number of carbonyl (C=O) groups is 1. The smallest absolute Gasteiger partial charge is 0.287 e. The molecule has 4 rings (SSSR count). The molecule has 1 aliphatic rings. The largest absolute Gasteiger partial charge is 0.451 e. The second-order valence-corrected chi connectivity index (χ2v) is 6.26. The van der Waals surface area contributed by atoms with Gasteiger partial charge < -0.3 is 14.3 Å². The maximum Gasteiger partial charge on any atom is 0.287 e. The third-order valence-corrected chi connectivity index (χ3v) is 4.42. The number of carbonyl (C=O) groups excluding carboxylic acids is 1. The zero-order chi connectivity index (χ0) is 16.7. The van der Waals surface area contributed by atoms with E-state index in [1.807, 2.05) is 10.8 Å². The standard InChI is InChI=1S/C17H14ClN3O3/c18-10-1-3-14-12(7-10)13(22)8-15(24-14)17(23)20-11-2-4-16-19-5-6-21(16)9-11/h1,3,5-8,11H,2,4,9H2,(H,20,23)/t11-/m0/s1. The highest BCUT2D eigenvalue weighted by Crippen LogP contribution is 2.18. The lowest BCUT2D eigenvalue weighted by Gasteiger charge is -2.24. The molecule has 2 aromatic heterocycles. The van der Waals surface area contributed by atoms with Crippen LogP contribution in [0.3, 0.4) is 0 Å². The van der Waals surface area contributed by atoms with Crippen LogP contribution in [0.1, 0.15) is 22.8 Å². The summed E-state index contributed by atoms with van der Waals surface area (Å²) in [5.74, 6) is 0.637. The lowest BCUT2D eigenvalue weighted by Crippen LogP contribution is -2.41. The van der Waals surface area contributed by atoms with Crippen molar-refractivity contribution in [3.05, 3.63) is 63.5 Å². The van der Waals surface area contributed by atoms with Crippen LogP contribution < -0.4 is 10.7 Å². The van der Waals surface area contributed by atoms with Crippen molar-refractivity contribution in [1.29, 1.82) is 0 Å². The molecule has 1 atom stereocenters. The number of fused-ring (bicyclic) bond motifs is 2. The molecule has 3 heterocycles. The Morgan fingerprint density at radius 3 is 3.12 bits per heavy atom. The molecule has 0 fully saturated rings. The number of amides is 1. The molecule has 3 aromatic rings. The van der Waals surface area contributed by atoms with Crippen molar-refractivity contribution < 1.29 is 9.21 Å². The van der Waals surface area contributed by atoms with E-state index in [0.29, 0.717) is 22.5 Å². The van der Waals surface area contributed by atoms with Gasteiger partial charge >= 0.3 is 0 Å². The number of aromatic nitrogens is 2. The van der Waals surface area contributed by atoms with Crippen molar-refractivity contribution in [2.75, 3.05) is 0 Å². The second kappa shape index (κ2) is 5.79. The number of aryl methyl sites for hydroxylation is 1. The Kier molecular flexibility index (Phi) is 3.61. The van der Waals surface area contributed by atoms with Crippen LogP contribution in [0.15, 0.2) is 45.9 Å². The first-order valence-electron chi connectivity index (χ1n) is 7.64. The van der Waals surface area contributed by atoms with Gasteiger partial charge in [-0.2, -0.15) is 0 Å². The molecule has 1 aromatic carbocycles. The monoisotopic (exact) mass is 343 g/mol. The molecule has 0 radical (unpaired) electrons. The molecule has 1 N–H and O–H groups in total. The fourth-order valence-electron chi connectivity index (χ4n) is 2.98. The van der Waals surface area contributed by atoms with Gasteiger partial charge in [0.1, 0.15) is 11.4 Å². The second-order valence-electron chi connectivity index (χ2n) is 5.82. The fourth-order valence-corrected chi connectivity index (χ4v) is 3.15. The number of imidazole rings is 1. The van der Waals surface area contributed by atoms with E-state index in [9.17, 15) is 9.59 Å². The van der Waals surface area contributed by atoms with Gasteiger partial charge in [-0.05, 0) is 24.6 Å².